The molecule has 0 aromatic heterocycles. The van der Waals surface area contributed by atoms with Gasteiger partial charge < -0.3 is 4.74 Å². The molecule has 2 aromatic carbocycles. The number of carbonyl (C=O) groups is 1. The summed E-state index contributed by atoms with van der Waals surface area (Å²) in [5.74, 6) is 0.471. The van der Waals surface area contributed by atoms with Gasteiger partial charge in [-0.05, 0) is 72.2 Å². The monoisotopic (exact) mass is 422 g/mol. The number of halogens is 1. The van der Waals surface area contributed by atoms with E-state index in [2.05, 4.69) is 33.1 Å². The van der Waals surface area contributed by atoms with E-state index in [9.17, 15) is 4.79 Å². The minimum absolute atomic E-state index is 0.0611. The lowest BCUT2D eigenvalue weighted by molar-refractivity contribution is -0.123. The standard InChI is InChI=1S/C18H19IN2O2/c1-12-7-13(2)18(14(3)8-12)23-11-17(22)21-20-10-15-5-4-6-16(19)9-15/h4-10H,11H2,1-3H3,(H,21,22). The maximum absolute atomic E-state index is 11.8. The van der Waals surface area contributed by atoms with Gasteiger partial charge in [0.25, 0.3) is 5.91 Å². The van der Waals surface area contributed by atoms with Gasteiger partial charge in [-0.2, -0.15) is 5.10 Å². The van der Waals surface area contributed by atoms with Crippen LogP contribution in [-0.4, -0.2) is 18.7 Å². The first kappa shape index (κ1) is 17.5. The molecule has 0 radical (unpaired) electrons. The van der Waals surface area contributed by atoms with Gasteiger partial charge in [0, 0.05) is 3.57 Å². The second-order valence-electron chi connectivity index (χ2n) is 5.36. The van der Waals surface area contributed by atoms with Gasteiger partial charge in [0.05, 0.1) is 6.21 Å². The molecular weight excluding hydrogens is 403 g/mol. The largest absolute Gasteiger partial charge is 0.483 e. The number of nitrogens with one attached hydrogen (secondary N) is 1. The minimum atomic E-state index is -0.286. The second-order valence-corrected chi connectivity index (χ2v) is 6.61. The highest BCUT2D eigenvalue weighted by Crippen LogP contribution is 2.24. The van der Waals surface area contributed by atoms with Crippen molar-refractivity contribution in [1.82, 2.24) is 5.43 Å². The molecule has 0 heterocycles. The third-order valence-electron chi connectivity index (χ3n) is 3.20. The van der Waals surface area contributed by atoms with Crippen molar-refractivity contribution in [3.63, 3.8) is 0 Å². The number of aryl methyl sites for hydroxylation is 3. The van der Waals surface area contributed by atoms with Crippen LogP contribution in [0, 0.1) is 24.3 Å². The van der Waals surface area contributed by atoms with E-state index in [-0.39, 0.29) is 12.5 Å². The Bertz CT molecular complexity index is 719. The molecule has 0 unspecified atom stereocenters. The SMILES string of the molecule is Cc1cc(C)c(OCC(=O)NN=Cc2cccc(I)c2)c(C)c1. The molecule has 4 nitrogen and oxygen atoms in total. The highest BCUT2D eigenvalue weighted by atomic mass is 127. The van der Waals surface area contributed by atoms with Crippen LogP contribution in [0.15, 0.2) is 41.5 Å². The molecular formula is C18H19IN2O2. The first-order valence-corrected chi connectivity index (χ1v) is 8.31. The summed E-state index contributed by atoms with van der Waals surface area (Å²) in [6.07, 6.45) is 1.61. The number of hydrogen-bond donors (Lipinski definition) is 1. The zero-order valence-electron chi connectivity index (χ0n) is 13.4. The molecule has 0 aliphatic carbocycles. The summed E-state index contributed by atoms with van der Waals surface area (Å²) in [5, 5.41) is 3.95. The van der Waals surface area contributed by atoms with Crippen LogP contribution in [0.4, 0.5) is 0 Å². The Morgan fingerprint density at radius 3 is 2.57 bits per heavy atom. The Morgan fingerprint density at radius 2 is 1.91 bits per heavy atom. The maximum atomic E-state index is 11.8. The number of ether oxygens (including phenoxy) is 1. The number of hydrazone groups is 1. The normalized spacial score (nSPS) is 10.8. The van der Waals surface area contributed by atoms with Gasteiger partial charge in [-0.1, -0.05) is 29.8 Å². The van der Waals surface area contributed by atoms with E-state index < -0.39 is 0 Å². The molecule has 0 bridgehead atoms. The summed E-state index contributed by atoms with van der Waals surface area (Å²) < 4.78 is 6.74. The van der Waals surface area contributed by atoms with Crippen molar-refractivity contribution in [2.45, 2.75) is 20.8 Å². The van der Waals surface area contributed by atoms with E-state index in [1.807, 2.05) is 57.2 Å². The van der Waals surface area contributed by atoms with Gasteiger partial charge in [0.15, 0.2) is 6.61 Å². The number of nitrogens with zero attached hydrogens (tertiary/aromatic N) is 1. The van der Waals surface area contributed by atoms with E-state index in [0.717, 1.165) is 26.0 Å². The van der Waals surface area contributed by atoms with Crippen molar-refractivity contribution < 1.29 is 9.53 Å². The van der Waals surface area contributed by atoms with Gasteiger partial charge in [0.2, 0.25) is 0 Å². The Morgan fingerprint density at radius 1 is 1.22 bits per heavy atom. The van der Waals surface area contributed by atoms with E-state index in [0.29, 0.717) is 0 Å². The summed E-state index contributed by atoms with van der Waals surface area (Å²) in [4.78, 5) is 11.8. The fourth-order valence-corrected chi connectivity index (χ4v) is 2.90. The zero-order chi connectivity index (χ0) is 16.8. The van der Waals surface area contributed by atoms with Crippen LogP contribution in [0.1, 0.15) is 22.3 Å². The molecule has 0 fully saturated rings. The molecule has 0 aliphatic heterocycles. The number of hydrogen-bond acceptors (Lipinski definition) is 3. The number of benzene rings is 2. The highest BCUT2D eigenvalue weighted by molar-refractivity contribution is 14.1. The fourth-order valence-electron chi connectivity index (χ4n) is 2.33. The summed E-state index contributed by atoms with van der Waals surface area (Å²) in [6, 6.07) is 11.9. The second kappa shape index (κ2) is 8.10. The van der Waals surface area contributed by atoms with E-state index in [1.54, 1.807) is 6.21 Å². The van der Waals surface area contributed by atoms with Crippen LogP contribution in [-0.2, 0) is 4.79 Å². The van der Waals surface area contributed by atoms with Crippen LogP contribution in [0.2, 0.25) is 0 Å². The van der Waals surface area contributed by atoms with Gasteiger partial charge >= 0.3 is 0 Å². The van der Waals surface area contributed by atoms with Gasteiger partial charge in [-0.25, -0.2) is 5.43 Å². The Hall–Kier alpha value is -1.89. The van der Waals surface area contributed by atoms with Gasteiger partial charge in [-0.15, -0.1) is 0 Å². The molecule has 0 spiro atoms. The minimum Gasteiger partial charge on any atom is -0.483 e. The maximum Gasteiger partial charge on any atom is 0.277 e. The lowest BCUT2D eigenvalue weighted by Crippen LogP contribution is -2.25. The Labute approximate surface area is 150 Å². The zero-order valence-corrected chi connectivity index (χ0v) is 15.5. The van der Waals surface area contributed by atoms with E-state index in [4.69, 9.17) is 4.74 Å². The number of rotatable bonds is 5. The molecule has 0 aliphatic rings. The van der Waals surface area contributed by atoms with Crippen LogP contribution in [0.5, 0.6) is 5.75 Å². The summed E-state index contributed by atoms with van der Waals surface area (Å²) in [6.45, 7) is 5.93. The van der Waals surface area contributed by atoms with E-state index in [1.165, 1.54) is 5.56 Å². The van der Waals surface area contributed by atoms with Crippen molar-refractivity contribution in [2.24, 2.45) is 5.10 Å². The molecule has 23 heavy (non-hydrogen) atoms. The van der Waals surface area contributed by atoms with Crippen molar-refractivity contribution >= 4 is 34.7 Å². The number of amides is 1. The van der Waals surface area contributed by atoms with Crippen molar-refractivity contribution in [3.05, 3.63) is 62.2 Å². The molecule has 120 valence electrons. The smallest absolute Gasteiger partial charge is 0.277 e. The first-order chi connectivity index (χ1) is 11.0. The lowest BCUT2D eigenvalue weighted by atomic mass is 10.1. The summed E-state index contributed by atoms with van der Waals surface area (Å²) in [5.41, 5.74) is 6.64. The molecule has 1 amide bonds. The van der Waals surface area contributed by atoms with Gasteiger partial charge in [-0.3, -0.25) is 4.79 Å². The first-order valence-electron chi connectivity index (χ1n) is 7.24. The molecule has 1 N–H and O–H groups in total. The molecule has 0 saturated carbocycles. The predicted molar refractivity (Wildman–Crippen MR) is 101 cm³/mol. The molecule has 0 atom stereocenters. The summed E-state index contributed by atoms with van der Waals surface area (Å²) >= 11 is 2.23. The fraction of sp³-hybridized carbons (Fsp3) is 0.222. The predicted octanol–water partition coefficient (Wildman–Crippen LogP) is 3.75. The van der Waals surface area contributed by atoms with Crippen LogP contribution in [0.25, 0.3) is 0 Å². The quantitative estimate of drug-likeness (QED) is 0.454. The van der Waals surface area contributed by atoms with Gasteiger partial charge in [0.1, 0.15) is 5.75 Å². The third-order valence-corrected chi connectivity index (χ3v) is 3.87. The average molecular weight is 422 g/mol. The van der Waals surface area contributed by atoms with Crippen molar-refractivity contribution in [2.75, 3.05) is 6.61 Å². The highest BCUT2D eigenvalue weighted by Gasteiger charge is 2.07. The molecule has 5 heteroatoms. The average Bonchev–Trinajstić information content (AvgIpc) is 2.46. The third kappa shape index (κ3) is 5.35. The lowest BCUT2D eigenvalue weighted by Gasteiger charge is -2.12. The van der Waals surface area contributed by atoms with E-state index >= 15 is 0 Å². The topological polar surface area (TPSA) is 50.7 Å². The van der Waals surface area contributed by atoms with Crippen LogP contribution in [0.3, 0.4) is 0 Å². The molecule has 0 saturated heterocycles. The molecule has 2 rings (SSSR count). The molecule has 2 aromatic rings. The Balaban J connectivity index is 1.88. The van der Waals surface area contributed by atoms with Crippen molar-refractivity contribution in [3.8, 4) is 5.75 Å². The Kier molecular flexibility index (Phi) is 6.15. The summed E-state index contributed by atoms with van der Waals surface area (Å²) in [7, 11) is 0. The van der Waals surface area contributed by atoms with Crippen LogP contribution >= 0.6 is 22.6 Å². The van der Waals surface area contributed by atoms with Crippen molar-refractivity contribution in [1.29, 1.82) is 0 Å². The van der Waals surface area contributed by atoms with Crippen LogP contribution < -0.4 is 10.2 Å². The number of carbonyl (C=O) groups excluding carboxylic acids is 1.